The second-order valence-corrected chi connectivity index (χ2v) is 6.91. The summed E-state index contributed by atoms with van der Waals surface area (Å²) < 4.78 is 5.52. The highest BCUT2D eigenvalue weighted by Gasteiger charge is 2.14. The Morgan fingerprint density at radius 1 is 1.06 bits per heavy atom. The Balaban J connectivity index is 1.68. The van der Waals surface area contributed by atoms with E-state index in [1.807, 2.05) is 74.5 Å². The van der Waals surface area contributed by atoms with Gasteiger partial charge in [0.2, 0.25) is 0 Å². The molecule has 1 amide bonds. The van der Waals surface area contributed by atoms with Crippen LogP contribution in [0.3, 0.4) is 0 Å². The molecule has 2 aromatic carbocycles. The van der Waals surface area contributed by atoms with Crippen LogP contribution in [0.15, 0.2) is 84.2 Å². The monoisotopic (exact) mass is 410 g/mol. The van der Waals surface area contributed by atoms with Gasteiger partial charge in [-0.15, -0.1) is 0 Å². The molecule has 0 radical (unpaired) electrons. The van der Waals surface area contributed by atoms with Crippen LogP contribution in [0.4, 0.5) is 0 Å². The number of para-hydroxylation sites is 1. The predicted molar refractivity (Wildman–Crippen MR) is 122 cm³/mol. The molecule has 4 aromatic rings. The molecule has 0 bridgehead atoms. The number of hydrogen-bond acceptors (Lipinski definition) is 5. The zero-order valence-electron chi connectivity index (χ0n) is 17.4. The van der Waals surface area contributed by atoms with Crippen molar-refractivity contribution in [2.45, 2.75) is 13.8 Å². The van der Waals surface area contributed by atoms with Gasteiger partial charge in [-0.2, -0.15) is 5.10 Å². The molecule has 6 heteroatoms. The standard InChI is InChI=1S/C25H22N4O2/c1-3-31-20-12-10-18(11-13-20)24-15-22(21-8-4-5-9-23(21)27-24)25(30)29-28-17(2)19-7-6-14-26-16-19/h4-16H,3H2,1-2H3,(H,29,30)/b28-17+. The van der Waals surface area contributed by atoms with Crippen LogP contribution in [0.25, 0.3) is 22.2 Å². The van der Waals surface area contributed by atoms with E-state index in [0.29, 0.717) is 23.6 Å². The third-order valence-corrected chi connectivity index (χ3v) is 4.83. The summed E-state index contributed by atoms with van der Waals surface area (Å²) in [4.78, 5) is 21.9. The smallest absolute Gasteiger partial charge is 0.272 e. The van der Waals surface area contributed by atoms with Gasteiger partial charge < -0.3 is 4.74 Å². The molecule has 0 aliphatic carbocycles. The maximum atomic E-state index is 13.0. The lowest BCUT2D eigenvalue weighted by molar-refractivity contribution is 0.0956. The molecule has 0 aliphatic heterocycles. The van der Waals surface area contributed by atoms with Crippen LogP contribution >= 0.6 is 0 Å². The van der Waals surface area contributed by atoms with Gasteiger partial charge in [0.05, 0.1) is 29.1 Å². The van der Waals surface area contributed by atoms with Crippen LogP contribution in [0.5, 0.6) is 5.75 Å². The van der Waals surface area contributed by atoms with Gasteiger partial charge in [-0.3, -0.25) is 9.78 Å². The molecule has 2 heterocycles. The zero-order chi connectivity index (χ0) is 21.6. The average molecular weight is 410 g/mol. The van der Waals surface area contributed by atoms with Gasteiger partial charge in [-0.1, -0.05) is 24.3 Å². The molecular weight excluding hydrogens is 388 g/mol. The van der Waals surface area contributed by atoms with E-state index in [-0.39, 0.29) is 5.91 Å². The SMILES string of the molecule is CCOc1ccc(-c2cc(C(=O)N/N=C(\C)c3cccnc3)c3ccccc3n2)cc1. The number of benzene rings is 2. The summed E-state index contributed by atoms with van der Waals surface area (Å²) in [6, 6.07) is 20.8. The highest BCUT2D eigenvalue weighted by Crippen LogP contribution is 2.26. The van der Waals surface area contributed by atoms with Crippen molar-refractivity contribution in [2.75, 3.05) is 6.61 Å². The fraction of sp³-hybridized carbons (Fsp3) is 0.120. The maximum Gasteiger partial charge on any atom is 0.272 e. The van der Waals surface area contributed by atoms with Crippen molar-refractivity contribution in [3.05, 3.63) is 90.3 Å². The molecule has 0 unspecified atom stereocenters. The molecule has 0 spiro atoms. The molecule has 1 N–H and O–H groups in total. The van der Waals surface area contributed by atoms with E-state index in [1.54, 1.807) is 18.5 Å². The first kappa shape index (κ1) is 20.2. The molecule has 2 aromatic heterocycles. The summed E-state index contributed by atoms with van der Waals surface area (Å²) in [5.41, 5.74) is 7.05. The number of nitrogens with zero attached hydrogens (tertiary/aromatic N) is 3. The molecule has 0 saturated heterocycles. The minimum absolute atomic E-state index is 0.297. The molecule has 31 heavy (non-hydrogen) atoms. The third-order valence-electron chi connectivity index (χ3n) is 4.83. The molecule has 0 fully saturated rings. The van der Waals surface area contributed by atoms with Crippen molar-refractivity contribution in [2.24, 2.45) is 5.10 Å². The Hall–Kier alpha value is -4.06. The normalized spacial score (nSPS) is 11.4. The Morgan fingerprint density at radius 2 is 1.87 bits per heavy atom. The molecule has 4 rings (SSSR count). The first-order chi connectivity index (χ1) is 15.2. The fourth-order valence-electron chi connectivity index (χ4n) is 3.24. The van der Waals surface area contributed by atoms with Gasteiger partial charge in [0.1, 0.15) is 5.75 Å². The summed E-state index contributed by atoms with van der Waals surface area (Å²) in [6.45, 7) is 4.38. The number of rotatable bonds is 6. The number of amides is 1. The second-order valence-electron chi connectivity index (χ2n) is 6.91. The number of nitrogens with one attached hydrogen (secondary N) is 1. The molecule has 0 atom stereocenters. The Morgan fingerprint density at radius 3 is 2.61 bits per heavy atom. The molecule has 0 saturated carbocycles. The fourth-order valence-corrected chi connectivity index (χ4v) is 3.24. The van der Waals surface area contributed by atoms with Crippen LogP contribution in [-0.4, -0.2) is 28.2 Å². The van der Waals surface area contributed by atoms with Crippen LogP contribution in [-0.2, 0) is 0 Å². The lowest BCUT2D eigenvalue weighted by atomic mass is 10.0. The number of carbonyl (C=O) groups is 1. The van der Waals surface area contributed by atoms with Gasteiger partial charge in [0.25, 0.3) is 5.91 Å². The zero-order valence-corrected chi connectivity index (χ0v) is 17.4. The van der Waals surface area contributed by atoms with E-state index in [2.05, 4.69) is 15.5 Å². The average Bonchev–Trinajstić information content (AvgIpc) is 2.83. The van der Waals surface area contributed by atoms with Crippen LogP contribution in [0.2, 0.25) is 0 Å². The lowest BCUT2D eigenvalue weighted by Gasteiger charge is -2.10. The van der Waals surface area contributed by atoms with Crippen molar-refractivity contribution >= 4 is 22.5 Å². The van der Waals surface area contributed by atoms with Crippen LogP contribution in [0.1, 0.15) is 29.8 Å². The summed E-state index contributed by atoms with van der Waals surface area (Å²) in [5.74, 6) is 0.499. The first-order valence-corrected chi connectivity index (χ1v) is 10.0. The minimum Gasteiger partial charge on any atom is -0.494 e. The second kappa shape index (κ2) is 9.17. The van der Waals surface area contributed by atoms with Gasteiger partial charge in [0, 0.05) is 28.9 Å². The predicted octanol–water partition coefficient (Wildman–Crippen LogP) is 4.85. The van der Waals surface area contributed by atoms with Gasteiger partial charge in [-0.25, -0.2) is 10.4 Å². The number of aromatic nitrogens is 2. The summed E-state index contributed by atoms with van der Waals surface area (Å²) in [7, 11) is 0. The molecule has 154 valence electrons. The van der Waals surface area contributed by atoms with E-state index in [4.69, 9.17) is 9.72 Å². The quantitative estimate of drug-likeness (QED) is 0.364. The minimum atomic E-state index is -0.297. The van der Waals surface area contributed by atoms with Crippen molar-refractivity contribution in [1.29, 1.82) is 0 Å². The van der Waals surface area contributed by atoms with Crippen molar-refractivity contribution in [1.82, 2.24) is 15.4 Å². The van der Waals surface area contributed by atoms with Crippen molar-refractivity contribution < 1.29 is 9.53 Å². The van der Waals surface area contributed by atoms with E-state index < -0.39 is 0 Å². The first-order valence-electron chi connectivity index (χ1n) is 10.0. The highest BCUT2D eigenvalue weighted by molar-refractivity contribution is 6.08. The summed E-state index contributed by atoms with van der Waals surface area (Å²) >= 11 is 0. The molecule has 6 nitrogen and oxygen atoms in total. The maximum absolute atomic E-state index is 13.0. The van der Waals surface area contributed by atoms with Crippen LogP contribution in [0, 0.1) is 0 Å². The molecule has 0 aliphatic rings. The largest absolute Gasteiger partial charge is 0.494 e. The third kappa shape index (κ3) is 4.59. The van der Waals surface area contributed by atoms with E-state index in [0.717, 1.165) is 27.8 Å². The van der Waals surface area contributed by atoms with Gasteiger partial charge in [0.15, 0.2) is 0 Å². The Bertz CT molecular complexity index is 1240. The van der Waals surface area contributed by atoms with E-state index in [1.165, 1.54) is 0 Å². The lowest BCUT2D eigenvalue weighted by Crippen LogP contribution is -2.20. The highest BCUT2D eigenvalue weighted by atomic mass is 16.5. The summed E-state index contributed by atoms with van der Waals surface area (Å²) in [5, 5.41) is 5.02. The molecular formula is C25H22N4O2. The number of pyridine rings is 2. The van der Waals surface area contributed by atoms with Gasteiger partial charge in [-0.05, 0) is 56.3 Å². The number of hydrazone groups is 1. The summed E-state index contributed by atoms with van der Waals surface area (Å²) in [6.07, 6.45) is 3.40. The van der Waals surface area contributed by atoms with Crippen LogP contribution < -0.4 is 10.2 Å². The number of carbonyl (C=O) groups excluding carboxylic acids is 1. The number of ether oxygens (including phenoxy) is 1. The topological polar surface area (TPSA) is 76.5 Å². The van der Waals surface area contributed by atoms with E-state index >= 15 is 0 Å². The Kier molecular flexibility index (Phi) is 5.98. The number of fused-ring (bicyclic) bond motifs is 1. The van der Waals surface area contributed by atoms with Crippen molar-refractivity contribution in [3.8, 4) is 17.0 Å². The van der Waals surface area contributed by atoms with Crippen molar-refractivity contribution in [3.63, 3.8) is 0 Å². The van der Waals surface area contributed by atoms with E-state index in [9.17, 15) is 4.79 Å². The van der Waals surface area contributed by atoms with Gasteiger partial charge >= 0.3 is 0 Å². The number of hydrogen-bond donors (Lipinski definition) is 1. The Labute approximate surface area is 180 Å².